The van der Waals surface area contributed by atoms with Gasteiger partial charge in [0.05, 0.1) is 16.7 Å². The van der Waals surface area contributed by atoms with Crippen LogP contribution in [0.1, 0.15) is 29.8 Å². The number of rotatable bonds is 6. The number of para-hydroxylation sites is 1. The van der Waals surface area contributed by atoms with E-state index < -0.39 is 21.8 Å². The lowest BCUT2D eigenvalue weighted by atomic mass is 10.0. The molecule has 1 amide bonds. The molecule has 0 bridgehead atoms. The normalized spacial score (nSPS) is 12.7. The molecule has 0 aliphatic heterocycles. The molecule has 0 saturated heterocycles. The number of fused-ring (bicyclic) bond motifs is 1. The Kier molecular flexibility index (Phi) is 5.88. The number of sulfone groups is 1. The second-order valence-electron chi connectivity index (χ2n) is 7.01. The van der Waals surface area contributed by atoms with Gasteiger partial charge in [-0.3, -0.25) is 9.59 Å². The number of hydrogen-bond donors (Lipinski definition) is 1. The molecule has 0 aliphatic rings. The van der Waals surface area contributed by atoms with Gasteiger partial charge < -0.3 is 9.73 Å². The second-order valence-corrected chi connectivity index (χ2v) is 9.40. The van der Waals surface area contributed by atoms with Crippen LogP contribution in [0.25, 0.3) is 22.3 Å². The topological polar surface area (TPSA) is 93.5 Å². The Morgan fingerprint density at radius 3 is 2.45 bits per heavy atom. The van der Waals surface area contributed by atoms with Crippen LogP contribution in [-0.2, 0) is 9.84 Å². The van der Waals surface area contributed by atoms with Gasteiger partial charge in [0.25, 0.3) is 5.91 Å². The van der Waals surface area contributed by atoms with Gasteiger partial charge in [0.15, 0.2) is 20.8 Å². The third-order valence-electron chi connectivity index (χ3n) is 4.75. The van der Waals surface area contributed by atoms with Crippen LogP contribution in [0.4, 0.5) is 0 Å². The van der Waals surface area contributed by atoms with Crippen molar-refractivity contribution in [3.05, 3.63) is 69.9 Å². The summed E-state index contributed by atoms with van der Waals surface area (Å²) in [6.07, 6.45) is 0. The van der Waals surface area contributed by atoms with Gasteiger partial charge in [-0.05, 0) is 26.0 Å². The van der Waals surface area contributed by atoms with E-state index >= 15 is 0 Å². The van der Waals surface area contributed by atoms with Gasteiger partial charge in [0.1, 0.15) is 5.76 Å². The van der Waals surface area contributed by atoms with Crippen LogP contribution in [0, 0.1) is 6.92 Å². The largest absolute Gasteiger partial charge is 0.455 e. The van der Waals surface area contributed by atoms with Crippen LogP contribution in [0.15, 0.2) is 57.7 Å². The molecule has 0 saturated carbocycles. The fraction of sp³-hybridized carbons (Fsp3) is 0.273. The molecule has 6 nitrogen and oxygen atoms in total. The number of amides is 1. The Bertz CT molecular complexity index is 1210. The summed E-state index contributed by atoms with van der Waals surface area (Å²) in [6.45, 7) is 4.89. The molecule has 0 spiro atoms. The Balaban J connectivity index is 2.06. The SMILES string of the molecule is CCS(=O)(=O)CC(C)NC(=O)c1cccc2c(=O)c(C)c(-c3ccccc3)oc12. The van der Waals surface area contributed by atoms with Crippen LogP contribution in [-0.4, -0.2) is 31.9 Å². The van der Waals surface area contributed by atoms with Crippen molar-refractivity contribution in [1.29, 1.82) is 0 Å². The first-order chi connectivity index (χ1) is 13.7. The minimum atomic E-state index is -3.23. The van der Waals surface area contributed by atoms with E-state index in [0.29, 0.717) is 16.7 Å². The molecular weight excluding hydrogens is 390 g/mol. The van der Waals surface area contributed by atoms with E-state index in [1.165, 1.54) is 0 Å². The molecule has 152 valence electrons. The summed E-state index contributed by atoms with van der Waals surface area (Å²) in [5.41, 5.74) is 1.37. The highest BCUT2D eigenvalue weighted by Gasteiger charge is 2.21. The van der Waals surface area contributed by atoms with E-state index in [1.807, 2.05) is 30.3 Å². The number of benzene rings is 2. The molecule has 3 rings (SSSR count). The fourth-order valence-electron chi connectivity index (χ4n) is 3.20. The van der Waals surface area contributed by atoms with Crippen LogP contribution < -0.4 is 10.7 Å². The predicted molar refractivity (Wildman–Crippen MR) is 114 cm³/mol. The maximum absolute atomic E-state index is 12.9. The standard InChI is InChI=1S/C22H23NO5S/c1-4-29(26,27)13-14(2)23-22(25)18-12-8-11-17-19(24)15(3)20(28-21(17)18)16-9-6-5-7-10-16/h5-12,14H,4,13H2,1-3H3,(H,23,25). The summed E-state index contributed by atoms with van der Waals surface area (Å²) in [5, 5.41) is 3.00. The predicted octanol–water partition coefficient (Wildman–Crippen LogP) is 3.32. The van der Waals surface area contributed by atoms with Crippen molar-refractivity contribution >= 4 is 26.7 Å². The highest BCUT2D eigenvalue weighted by molar-refractivity contribution is 7.91. The lowest BCUT2D eigenvalue weighted by Gasteiger charge is -2.15. The fourth-order valence-corrected chi connectivity index (χ4v) is 4.28. The van der Waals surface area contributed by atoms with Crippen molar-refractivity contribution in [2.45, 2.75) is 26.8 Å². The van der Waals surface area contributed by atoms with Gasteiger partial charge >= 0.3 is 0 Å². The molecule has 7 heteroatoms. The smallest absolute Gasteiger partial charge is 0.255 e. The molecule has 1 aromatic heterocycles. The Labute approximate surface area is 169 Å². The lowest BCUT2D eigenvalue weighted by molar-refractivity contribution is 0.0944. The number of nitrogens with one attached hydrogen (secondary N) is 1. The summed E-state index contributed by atoms with van der Waals surface area (Å²) >= 11 is 0. The number of carbonyl (C=O) groups excluding carboxylic acids is 1. The first-order valence-electron chi connectivity index (χ1n) is 9.36. The van der Waals surface area contributed by atoms with Gasteiger partial charge in [0.2, 0.25) is 0 Å². The number of hydrogen-bond acceptors (Lipinski definition) is 5. The quantitative estimate of drug-likeness (QED) is 0.669. The van der Waals surface area contributed by atoms with Gasteiger partial charge in [-0.15, -0.1) is 0 Å². The van der Waals surface area contributed by atoms with Gasteiger partial charge in [-0.25, -0.2) is 8.42 Å². The monoisotopic (exact) mass is 413 g/mol. The van der Waals surface area contributed by atoms with Crippen LogP contribution >= 0.6 is 0 Å². The summed E-state index contributed by atoms with van der Waals surface area (Å²) < 4.78 is 29.7. The zero-order valence-corrected chi connectivity index (χ0v) is 17.4. The lowest BCUT2D eigenvalue weighted by Crippen LogP contribution is -2.38. The van der Waals surface area contributed by atoms with E-state index in [1.54, 1.807) is 39.0 Å². The molecule has 1 heterocycles. The molecule has 1 unspecified atom stereocenters. The average Bonchev–Trinajstić information content (AvgIpc) is 2.70. The van der Waals surface area contributed by atoms with Crippen molar-refractivity contribution in [3.63, 3.8) is 0 Å². The van der Waals surface area contributed by atoms with Crippen molar-refractivity contribution in [3.8, 4) is 11.3 Å². The van der Waals surface area contributed by atoms with E-state index in [9.17, 15) is 18.0 Å². The van der Waals surface area contributed by atoms with E-state index in [0.717, 1.165) is 5.56 Å². The van der Waals surface area contributed by atoms with Crippen molar-refractivity contribution in [1.82, 2.24) is 5.32 Å². The molecule has 29 heavy (non-hydrogen) atoms. The van der Waals surface area contributed by atoms with Crippen molar-refractivity contribution in [2.24, 2.45) is 0 Å². The molecule has 1 atom stereocenters. The van der Waals surface area contributed by atoms with E-state index in [-0.39, 0.29) is 28.1 Å². The summed E-state index contributed by atoms with van der Waals surface area (Å²) in [7, 11) is -3.23. The minimum Gasteiger partial charge on any atom is -0.455 e. The van der Waals surface area contributed by atoms with Gasteiger partial charge in [0, 0.05) is 22.9 Å². The third kappa shape index (κ3) is 4.40. The highest BCUT2D eigenvalue weighted by Crippen LogP contribution is 2.27. The first kappa shape index (κ1) is 20.8. The highest BCUT2D eigenvalue weighted by atomic mass is 32.2. The Hall–Kier alpha value is -2.93. The summed E-state index contributed by atoms with van der Waals surface area (Å²) in [6, 6.07) is 13.4. The molecule has 0 fully saturated rings. The Morgan fingerprint density at radius 1 is 1.10 bits per heavy atom. The van der Waals surface area contributed by atoms with Crippen LogP contribution in [0.3, 0.4) is 0 Å². The van der Waals surface area contributed by atoms with Crippen molar-refractivity contribution < 1.29 is 17.6 Å². The maximum atomic E-state index is 12.9. The molecule has 3 aromatic rings. The molecule has 0 radical (unpaired) electrons. The first-order valence-corrected chi connectivity index (χ1v) is 11.2. The third-order valence-corrected chi connectivity index (χ3v) is 6.63. The maximum Gasteiger partial charge on any atom is 0.255 e. The summed E-state index contributed by atoms with van der Waals surface area (Å²) in [4.78, 5) is 25.7. The average molecular weight is 413 g/mol. The summed E-state index contributed by atoms with van der Waals surface area (Å²) in [5.74, 6) is -0.223. The van der Waals surface area contributed by atoms with Crippen LogP contribution in [0.5, 0.6) is 0 Å². The van der Waals surface area contributed by atoms with Crippen molar-refractivity contribution in [2.75, 3.05) is 11.5 Å². The van der Waals surface area contributed by atoms with Gasteiger partial charge in [-0.1, -0.05) is 43.3 Å². The molecule has 2 aromatic carbocycles. The molecule has 0 aliphatic carbocycles. The zero-order valence-electron chi connectivity index (χ0n) is 16.6. The van der Waals surface area contributed by atoms with E-state index in [2.05, 4.69) is 5.32 Å². The molecular formula is C22H23NO5S. The van der Waals surface area contributed by atoms with Crippen LogP contribution in [0.2, 0.25) is 0 Å². The van der Waals surface area contributed by atoms with E-state index in [4.69, 9.17) is 4.42 Å². The number of carbonyl (C=O) groups is 1. The van der Waals surface area contributed by atoms with Gasteiger partial charge in [-0.2, -0.15) is 0 Å². The second kappa shape index (κ2) is 8.21. The Morgan fingerprint density at radius 2 is 1.79 bits per heavy atom. The minimum absolute atomic E-state index is 0.00999. The zero-order chi connectivity index (χ0) is 21.2. The molecule has 1 N–H and O–H groups in total.